The van der Waals surface area contributed by atoms with Gasteiger partial charge in [-0.1, -0.05) is 30.7 Å². The van der Waals surface area contributed by atoms with E-state index in [4.69, 9.17) is 11.6 Å². The lowest BCUT2D eigenvalue weighted by Gasteiger charge is -2.45. The third-order valence-corrected chi connectivity index (χ3v) is 7.76. The number of aliphatic hydroxyl groups is 1. The minimum Gasteiger partial charge on any atom is -0.387 e. The summed E-state index contributed by atoms with van der Waals surface area (Å²) in [7, 11) is 0. The number of halogens is 1. The van der Waals surface area contributed by atoms with E-state index in [0.717, 1.165) is 68.2 Å². The van der Waals surface area contributed by atoms with Crippen molar-refractivity contribution < 1.29 is 9.90 Å². The van der Waals surface area contributed by atoms with Crippen molar-refractivity contribution >= 4 is 23.7 Å². The van der Waals surface area contributed by atoms with Gasteiger partial charge in [-0.15, -0.1) is 0 Å². The van der Waals surface area contributed by atoms with E-state index >= 15 is 0 Å². The molecular weight excluding hydrogens is 438 g/mol. The van der Waals surface area contributed by atoms with Crippen molar-refractivity contribution in [3.8, 4) is 0 Å². The highest BCUT2D eigenvalue weighted by atomic mass is 35.5. The Bertz CT molecular complexity index is 973. The van der Waals surface area contributed by atoms with Crippen molar-refractivity contribution in [2.75, 3.05) is 44.2 Å². The maximum atomic E-state index is 12.4. The van der Waals surface area contributed by atoms with Crippen LogP contribution in [0.3, 0.4) is 0 Å². The highest BCUT2D eigenvalue weighted by molar-refractivity contribution is 6.30. The number of rotatable bonds is 6. The summed E-state index contributed by atoms with van der Waals surface area (Å²) in [4.78, 5) is 28.6. The van der Waals surface area contributed by atoms with Gasteiger partial charge in [0, 0.05) is 36.8 Å². The van der Waals surface area contributed by atoms with E-state index in [1.165, 1.54) is 12.8 Å². The molecule has 2 fully saturated rings. The van der Waals surface area contributed by atoms with Crippen LogP contribution in [0.5, 0.6) is 0 Å². The Morgan fingerprint density at radius 1 is 1.03 bits per heavy atom. The van der Waals surface area contributed by atoms with E-state index in [0.29, 0.717) is 11.4 Å². The van der Waals surface area contributed by atoms with E-state index in [-0.39, 0.29) is 18.0 Å². The third-order valence-electron chi connectivity index (χ3n) is 7.50. The molecule has 5 rings (SSSR count). The van der Waals surface area contributed by atoms with Crippen molar-refractivity contribution in [2.45, 2.75) is 50.3 Å². The fraction of sp³-hybridized carbons (Fsp3) is 0.560. The highest BCUT2D eigenvalue weighted by Crippen LogP contribution is 2.43. The molecule has 176 valence electrons. The first kappa shape index (κ1) is 22.7. The van der Waals surface area contributed by atoms with Crippen LogP contribution in [0, 0.1) is 0 Å². The van der Waals surface area contributed by atoms with E-state index in [1.807, 2.05) is 24.3 Å². The number of anilines is 1. The molecule has 2 aliphatic heterocycles. The second-order valence-corrected chi connectivity index (χ2v) is 9.98. The van der Waals surface area contributed by atoms with Crippen molar-refractivity contribution in [3.05, 3.63) is 52.4 Å². The van der Waals surface area contributed by atoms with E-state index in [9.17, 15) is 9.90 Å². The van der Waals surface area contributed by atoms with Gasteiger partial charge < -0.3 is 14.8 Å². The van der Waals surface area contributed by atoms with Gasteiger partial charge in [-0.3, -0.25) is 9.80 Å². The fourth-order valence-electron chi connectivity index (χ4n) is 5.85. The number of likely N-dealkylation sites (tertiary alicyclic amines) is 1. The number of carbonyl (C=O) groups is 1. The number of benzene rings is 1. The van der Waals surface area contributed by atoms with Crippen LogP contribution in [0.25, 0.3) is 0 Å². The first-order chi connectivity index (χ1) is 16.1. The highest BCUT2D eigenvalue weighted by Gasteiger charge is 2.38. The molecule has 33 heavy (non-hydrogen) atoms. The number of carbonyl (C=O) groups excluding carboxylic acids is 1. The molecule has 0 amide bonds. The van der Waals surface area contributed by atoms with E-state index < -0.39 is 6.10 Å². The Morgan fingerprint density at radius 2 is 1.70 bits per heavy atom. The molecule has 2 unspecified atom stereocenters. The molecule has 0 saturated carbocycles. The molecule has 1 aromatic heterocycles. The molecule has 3 heterocycles. The molecule has 1 aliphatic carbocycles. The molecular formula is C25H32ClN5O2. The molecule has 3 aliphatic rings. The summed E-state index contributed by atoms with van der Waals surface area (Å²) < 4.78 is 0. The van der Waals surface area contributed by atoms with Gasteiger partial charge >= 0.3 is 0 Å². The zero-order chi connectivity index (χ0) is 22.9. The first-order valence-electron chi connectivity index (χ1n) is 12.0. The van der Waals surface area contributed by atoms with Gasteiger partial charge in [-0.2, -0.15) is 0 Å². The molecule has 2 aromatic rings. The summed E-state index contributed by atoms with van der Waals surface area (Å²) >= 11 is 6.11. The first-order valence-corrected chi connectivity index (χ1v) is 12.4. The van der Waals surface area contributed by atoms with Gasteiger partial charge in [0.15, 0.2) is 0 Å². The standard InChI is InChI=1S/C25H32ClN5O2/c1-17-14-21(33)23-22(17)24(28-16-27-23)29-10-12-31(13-11-29)25(30-8-2-3-9-30)20(15-32)18-4-6-19(26)7-5-18/h4-7,15-17,20-21,25,33H,2-3,8-14H2,1H3/t17-,20?,21-,25?/m1/s1. The maximum Gasteiger partial charge on any atom is 0.135 e. The zero-order valence-electron chi connectivity index (χ0n) is 19.1. The topological polar surface area (TPSA) is 72.8 Å². The summed E-state index contributed by atoms with van der Waals surface area (Å²) in [5, 5.41) is 11.0. The van der Waals surface area contributed by atoms with Crippen LogP contribution in [0.4, 0.5) is 5.82 Å². The summed E-state index contributed by atoms with van der Waals surface area (Å²) in [6.07, 6.45) is 5.30. The largest absolute Gasteiger partial charge is 0.387 e. The van der Waals surface area contributed by atoms with Crippen LogP contribution in [0.1, 0.15) is 60.9 Å². The average Bonchev–Trinajstić information content (AvgIpc) is 3.46. The molecule has 0 spiro atoms. The fourth-order valence-corrected chi connectivity index (χ4v) is 5.98. The van der Waals surface area contributed by atoms with E-state index in [2.05, 4.69) is 31.6 Å². The zero-order valence-corrected chi connectivity index (χ0v) is 19.9. The van der Waals surface area contributed by atoms with Gasteiger partial charge in [0.05, 0.1) is 23.9 Å². The predicted octanol–water partition coefficient (Wildman–Crippen LogP) is 3.20. The lowest BCUT2D eigenvalue weighted by molar-refractivity contribution is -0.112. The molecule has 0 radical (unpaired) electrons. The van der Waals surface area contributed by atoms with Crippen LogP contribution < -0.4 is 4.90 Å². The third kappa shape index (κ3) is 4.39. The summed E-state index contributed by atoms with van der Waals surface area (Å²) in [5.41, 5.74) is 2.90. The molecule has 2 saturated heterocycles. The smallest absolute Gasteiger partial charge is 0.135 e. The molecule has 7 nitrogen and oxygen atoms in total. The lowest BCUT2D eigenvalue weighted by Crippen LogP contribution is -2.58. The predicted molar refractivity (Wildman–Crippen MR) is 129 cm³/mol. The molecule has 1 aromatic carbocycles. The number of hydrogen-bond donors (Lipinski definition) is 1. The van der Waals surface area contributed by atoms with Gasteiger partial charge in [0.2, 0.25) is 0 Å². The quantitative estimate of drug-likeness (QED) is 0.651. The SMILES string of the molecule is C[C@@H]1C[C@@H](O)c2ncnc(N3CCN(C(C(C=O)c4ccc(Cl)cc4)N4CCCC4)CC3)c21. The second-order valence-electron chi connectivity index (χ2n) is 9.54. The molecule has 4 atom stereocenters. The normalized spacial score (nSPS) is 25.7. The van der Waals surface area contributed by atoms with Crippen molar-refractivity contribution in [1.29, 1.82) is 0 Å². The van der Waals surface area contributed by atoms with Gasteiger partial charge in [-0.25, -0.2) is 9.97 Å². The van der Waals surface area contributed by atoms with Gasteiger partial charge in [0.1, 0.15) is 18.4 Å². The minimum absolute atomic E-state index is 0.0465. The average molecular weight is 470 g/mol. The number of fused-ring (bicyclic) bond motifs is 1. The number of aromatic nitrogens is 2. The van der Waals surface area contributed by atoms with E-state index in [1.54, 1.807) is 6.33 Å². The summed E-state index contributed by atoms with van der Waals surface area (Å²) in [5.74, 6) is 1.00. The Hall–Kier alpha value is -2.06. The lowest BCUT2D eigenvalue weighted by atomic mass is 9.95. The number of hydrogen-bond acceptors (Lipinski definition) is 7. The number of aldehydes is 1. The van der Waals surface area contributed by atoms with Crippen LogP contribution in [0.15, 0.2) is 30.6 Å². The monoisotopic (exact) mass is 469 g/mol. The number of nitrogens with zero attached hydrogens (tertiary/aromatic N) is 5. The van der Waals surface area contributed by atoms with Crippen molar-refractivity contribution in [1.82, 2.24) is 19.8 Å². The van der Waals surface area contributed by atoms with Crippen LogP contribution in [0.2, 0.25) is 5.02 Å². The molecule has 1 N–H and O–H groups in total. The van der Waals surface area contributed by atoms with Crippen LogP contribution in [-0.2, 0) is 4.79 Å². The Labute approximate surface area is 200 Å². The van der Waals surface area contributed by atoms with Gasteiger partial charge in [-0.05, 0) is 56.0 Å². The maximum absolute atomic E-state index is 12.4. The Kier molecular flexibility index (Phi) is 6.65. The van der Waals surface area contributed by atoms with Crippen molar-refractivity contribution in [2.24, 2.45) is 0 Å². The van der Waals surface area contributed by atoms with Crippen LogP contribution in [-0.4, -0.2) is 76.6 Å². The Balaban J connectivity index is 1.37. The minimum atomic E-state index is -0.495. The van der Waals surface area contributed by atoms with Crippen LogP contribution >= 0.6 is 11.6 Å². The Morgan fingerprint density at radius 3 is 2.36 bits per heavy atom. The summed E-state index contributed by atoms with van der Waals surface area (Å²) in [6.45, 7) is 7.58. The molecule has 8 heteroatoms. The van der Waals surface area contributed by atoms with Gasteiger partial charge in [0.25, 0.3) is 0 Å². The summed E-state index contributed by atoms with van der Waals surface area (Å²) in [6, 6.07) is 7.71. The number of piperazine rings is 1. The molecule has 0 bridgehead atoms. The van der Waals surface area contributed by atoms with Crippen molar-refractivity contribution in [3.63, 3.8) is 0 Å². The second kappa shape index (κ2) is 9.66. The number of aliphatic hydroxyl groups excluding tert-OH is 1.